The quantitative estimate of drug-likeness (QED) is 0.645. The SMILES string of the molecule is CN[C@@H](C)C(=O)NC(C(=O)N1CC[C@@H]2[C@H]1CCN2C(=O)NC(C)C)C(C)(C)C. The lowest BCUT2D eigenvalue weighted by atomic mass is 9.85. The first kappa shape index (κ1) is 22.5. The molecule has 2 fully saturated rings. The van der Waals surface area contributed by atoms with Crippen molar-refractivity contribution in [2.75, 3.05) is 20.1 Å². The van der Waals surface area contributed by atoms with E-state index >= 15 is 0 Å². The van der Waals surface area contributed by atoms with E-state index in [1.54, 1.807) is 14.0 Å². The van der Waals surface area contributed by atoms with E-state index < -0.39 is 11.5 Å². The number of likely N-dealkylation sites (N-methyl/N-ethyl adjacent to an activating group) is 1. The summed E-state index contributed by atoms with van der Waals surface area (Å²) < 4.78 is 0. The summed E-state index contributed by atoms with van der Waals surface area (Å²) in [5, 5.41) is 8.80. The molecule has 4 atom stereocenters. The van der Waals surface area contributed by atoms with E-state index in [-0.39, 0.29) is 42.0 Å². The standard InChI is InChI=1S/C20H37N5O3/c1-12(2)22-19(28)25-11-9-14-15(25)8-10-24(14)18(27)16(20(4,5)6)23-17(26)13(3)21-7/h12-16,21H,8-11H2,1-7H3,(H,22,28)(H,23,26)/t13-,14+,15+,16?/m0/s1. The highest BCUT2D eigenvalue weighted by Gasteiger charge is 2.48. The largest absolute Gasteiger partial charge is 0.342 e. The molecule has 2 heterocycles. The van der Waals surface area contributed by atoms with Crippen molar-refractivity contribution in [3.8, 4) is 0 Å². The maximum absolute atomic E-state index is 13.4. The number of urea groups is 1. The van der Waals surface area contributed by atoms with Gasteiger partial charge in [-0.2, -0.15) is 0 Å². The third-order valence-corrected chi connectivity index (χ3v) is 5.76. The Bertz CT molecular complexity index is 601. The van der Waals surface area contributed by atoms with Crippen LogP contribution < -0.4 is 16.0 Å². The van der Waals surface area contributed by atoms with Gasteiger partial charge in [-0.3, -0.25) is 9.59 Å². The molecule has 8 nitrogen and oxygen atoms in total. The summed E-state index contributed by atoms with van der Waals surface area (Å²) in [5.41, 5.74) is -0.411. The number of carbonyl (C=O) groups excluding carboxylic acids is 3. The predicted molar refractivity (Wildman–Crippen MR) is 109 cm³/mol. The van der Waals surface area contributed by atoms with Gasteiger partial charge < -0.3 is 25.8 Å². The number of hydrogen-bond acceptors (Lipinski definition) is 4. The first-order chi connectivity index (χ1) is 13.0. The number of hydrogen-bond donors (Lipinski definition) is 3. The van der Waals surface area contributed by atoms with Crippen LogP contribution in [0.5, 0.6) is 0 Å². The van der Waals surface area contributed by atoms with E-state index in [2.05, 4.69) is 16.0 Å². The van der Waals surface area contributed by atoms with Crippen LogP contribution >= 0.6 is 0 Å². The van der Waals surface area contributed by atoms with Gasteiger partial charge in [0.05, 0.1) is 18.1 Å². The van der Waals surface area contributed by atoms with Crippen LogP contribution in [0, 0.1) is 5.41 Å². The lowest BCUT2D eigenvalue weighted by molar-refractivity contribution is -0.140. The van der Waals surface area contributed by atoms with Crippen molar-refractivity contribution in [3.05, 3.63) is 0 Å². The van der Waals surface area contributed by atoms with E-state index in [0.717, 1.165) is 12.8 Å². The minimum absolute atomic E-state index is 0.0221. The molecule has 2 aliphatic heterocycles. The Morgan fingerprint density at radius 3 is 1.96 bits per heavy atom. The molecular weight excluding hydrogens is 358 g/mol. The first-order valence-corrected chi connectivity index (χ1v) is 10.3. The van der Waals surface area contributed by atoms with Gasteiger partial charge in [0, 0.05) is 19.1 Å². The Kier molecular flexibility index (Phi) is 6.96. The fourth-order valence-corrected chi connectivity index (χ4v) is 4.05. The minimum Gasteiger partial charge on any atom is -0.342 e. The fourth-order valence-electron chi connectivity index (χ4n) is 4.05. The predicted octanol–water partition coefficient (Wildman–Crippen LogP) is 0.918. The summed E-state index contributed by atoms with van der Waals surface area (Å²) in [6.45, 7) is 12.8. The molecule has 28 heavy (non-hydrogen) atoms. The lowest BCUT2D eigenvalue weighted by Crippen LogP contribution is -2.58. The molecule has 160 valence electrons. The number of rotatable bonds is 5. The number of amides is 4. The van der Waals surface area contributed by atoms with Gasteiger partial charge in [0.1, 0.15) is 6.04 Å². The number of nitrogens with zero attached hydrogens (tertiary/aromatic N) is 2. The molecule has 0 saturated carbocycles. The zero-order valence-electron chi connectivity index (χ0n) is 18.3. The summed E-state index contributed by atoms with van der Waals surface area (Å²) in [5.74, 6) is -0.237. The monoisotopic (exact) mass is 395 g/mol. The van der Waals surface area contributed by atoms with E-state index in [4.69, 9.17) is 0 Å². The average molecular weight is 396 g/mol. The summed E-state index contributed by atoms with van der Waals surface area (Å²) in [6.07, 6.45) is 1.55. The molecule has 8 heteroatoms. The molecule has 2 aliphatic rings. The normalized spacial score (nSPS) is 24.1. The Balaban J connectivity index is 2.12. The molecule has 0 aromatic heterocycles. The van der Waals surface area contributed by atoms with Gasteiger partial charge in [0.25, 0.3) is 0 Å². The third-order valence-electron chi connectivity index (χ3n) is 5.76. The number of nitrogens with one attached hydrogen (secondary N) is 3. The van der Waals surface area contributed by atoms with Crippen molar-refractivity contribution in [1.82, 2.24) is 25.8 Å². The molecule has 0 aromatic carbocycles. The smallest absolute Gasteiger partial charge is 0.317 e. The summed E-state index contributed by atoms with van der Waals surface area (Å²) in [7, 11) is 1.72. The molecule has 0 aliphatic carbocycles. The number of likely N-dealkylation sites (tertiary alicyclic amines) is 2. The molecule has 3 N–H and O–H groups in total. The number of carbonyl (C=O) groups is 3. The van der Waals surface area contributed by atoms with Crippen molar-refractivity contribution in [2.24, 2.45) is 5.41 Å². The molecular formula is C20H37N5O3. The summed E-state index contributed by atoms with van der Waals surface area (Å²) in [4.78, 5) is 42.0. The highest BCUT2D eigenvalue weighted by Crippen LogP contribution is 2.33. The van der Waals surface area contributed by atoms with Crippen LogP contribution in [0.3, 0.4) is 0 Å². The van der Waals surface area contributed by atoms with Crippen LogP contribution in [0.4, 0.5) is 4.79 Å². The molecule has 0 radical (unpaired) electrons. The van der Waals surface area contributed by atoms with Gasteiger partial charge >= 0.3 is 6.03 Å². The highest BCUT2D eigenvalue weighted by molar-refractivity contribution is 5.90. The van der Waals surface area contributed by atoms with Gasteiger partial charge in [0.2, 0.25) is 11.8 Å². The maximum Gasteiger partial charge on any atom is 0.317 e. The zero-order chi connectivity index (χ0) is 21.2. The van der Waals surface area contributed by atoms with Crippen molar-refractivity contribution in [1.29, 1.82) is 0 Å². The molecule has 2 saturated heterocycles. The molecule has 1 unspecified atom stereocenters. The first-order valence-electron chi connectivity index (χ1n) is 10.3. The van der Waals surface area contributed by atoms with Crippen LogP contribution in [0.2, 0.25) is 0 Å². The Morgan fingerprint density at radius 1 is 0.929 bits per heavy atom. The van der Waals surface area contributed by atoms with Gasteiger partial charge in [-0.15, -0.1) is 0 Å². The van der Waals surface area contributed by atoms with Crippen LogP contribution in [0.1, 0.15) is 54.4 Å². The van der Waals surface area contributed by atoms with Crippen LogP contribution in [0.15, 0.2) is 0 Å². The van der Waals surface area contributed by atoms with E-state index in [1.807, 2.05) is 44.4 Å². The Morgan fingerprint density at radius 2 is 1.46 bits per heavy atom. The molecule has 0 aromatic rings. The third kappa shape index (κ3) is 4.77. The van der Waals surface area contributed by atoms with E-state index in [1.165, 1.54) is 0 Å². The highest BCUT2D eigenvalue weighted by atomic mass is 16.2. The Labute approximate surface area is 168 Å². The average Bonchev–Trinajstić information content (AvgIpc) is 3.18. The lowest BCUT2D eigenvalue weighted by Gasteiger charge is -2.36. The van der Waals surface area contributed by atoms with Crippen LogP contribution in [-0.4, -0.2) is 78.0 Å². The zero-order valence-corrected chi connectivity index (χ0v) is 18.3. The van der Waals surface area contributed by atoms with Gasteiger partial charge in [-0.25, -0.2) is 4.79 Å². The summed E-state index contributed by atoms with van der Waals surface area (Å²) >= 11 is 0. The van der Waals surface area contributed by atoms with Gasteiger partial charge in [0.15, 0.2) is 0 Å². The topological polar surface area (TPSA) is 93.8 Å². The maximum atomic E-state index is 13.4. The van der Waals surface area contributed by atoms with Crippen molar-refractivity contribution < 1.29 is 14.4 Å². The molecule has 2 rings (SSSR count). The second kappa shape index (κ2) is 8.68. The Hall–Kier alpha value is -1.83. The summed E-state index contributed by atoms with van der Waals surface area (Å²) in [6, 6.07) is -0.872. The van der Waals surface area contributed by atoms with Crippen molar-refractivity contribution in [2.45, 2.75) is 84.6 Å². The second-order valence-electron chi connectivity index (χ2n) is 9.36. The molecule has 0 spiro atoms. The van der Waals surface area contributed by atoms with Crippen molar-refractivity contribution in [3.63, 3.8) is 0 Å². The van der Waals surface area contributed by atoms with Gasteiger partial charge in [-0.1, -0.05) is 20.8 Å². The van der Waals surface area contributed by atoms with Crippen LogP contribution in [0.25, 0.3) is 0 Å². The van der Waals surface area contributed by atoms with E-state index in [9.17, 15) is 14.4 Å². The van der Waals surface area contributed by atoms with Crippen molar-refractivity contribution >= 4 is 17.8 Å². The van der Waals surface area contributed by atoms with E-state index in [0.29, 0.717) is 13.1 Å². The number of fused-ring (bicyclic) bond motifs is 1. The van der Waals surface area contributed by atoms with Gasteiger partial charge in [-0.05, 0) is 46.1 Å². The molecule has 0 bridgehead atoms. The fraction of sp³-hybridized carbons (Fsp3) is 0.850. The molecule has 4 amide bonds. The van der Waals surface area contributed by atoms with Crippen LogP contribution in [-0.2, 0) is 9.59 Å². The minimum atomic E-state index is -0.604. The second-order valence-corrected chi connectivity index (χ2v) is 9.36.